The van der Waals surface area contributed by atoms with Crippen LogP contribution in [0.2, 0.25) is 0 Å². The summed E-state index contributed by atoms with van der Waals surface area (Å²) in [4.78, 5) is 6.73. The molecule has 0 aliphatic carbocycles. The van der Waals surface area contributed by atoms with E-state index < -0.39 is 0 Å². The fraction of sp³-hybridized carbons (Fsp3) is 0.348. The highest BCUT2D eigenvalue weighted by Gasteiger charge is 2.20. The maximum Gasteiger partial charge on any atom is 0.191 e. The van der Waals surface area contributed by atoms with Crippen LogP contribution < -0.4 is 15.5 Å². The molecule has 4 nitrogen and oxygen atoms in total. The lowest BCUT2D eigenvalue weighted by atomic mass is 9.85. The molecule has 0 radical (unpaired) electrons. The van der Waals surface area contributed by atoms with Gasteiger partial charge < -0.3 is 15.5 Å². The molecule has 2 aromatic carbocycles. The van der Waals surface area contributed by atoms with Gasteiger partial charge in [0.25, 0.3) is 0 Å². The van der Waals surface area contributed by atoms with Crippen LogP contribution in [0, 0.1) is 0 Å². The average Bonchev–Trinajstić information content (AvgIpc) is 3.24. The third kappa shape index (κ3) is 5.13. The van der Waals surface area contributed by atoms with Crippen molar-refractivity contribution in [3.63, 3.8) is 0 Å². The topological polar surface area (TPSA) is 39.7 Å². The van der Waals surface area contributed by atoms with Crippen molar-refractivity contribution in [1.82, 2.24) is 10.6 Å². The highest BCUT2D eigenvalue weighted by atomic mass is 15.2. The molecular formula is C23H30N4. The molecule has 0 unspecified atom stereocenters. The van der Waals surface area contributed by atoms with Crippen LogP contribution >= 0.6 is 0 Å². The minimum Gasteiger partial charge on any atom is -0.364 e. The monoisotopic (exact) mass is 362 g/mol. The predicted molar refractivity (Wildman–Crippen MR) is 115 cm³/mol. The van der Waals surface area contributed by atoms with E-state index in [-0.39, 0.29) is 5.41 Å². The molecule has 1 aliphatic heterocycles. The normalized spacial score (nSPS) is 14.5. The summed E-state index contributed by atoms with van der Waals surface area (Å²) in [6, 6.07) is 19.3. The number of guanidine groups is 1. The van der Waals surface area contributed by atoms with Gasteiger partial charge in [-0.15, -0.1) is 0 Å². The first-order valence-electron chi connectivity index (χ1n) is 9.57. The van der Waals surface area contributed by atoms with Crippen LogP contribution in [0.4, 0.5) is 5.69 Å². The van der Waals surface area contributed by atoms with Crippen LogP contribution in [0.5, 0.6) is 0 Å². The predicted octanol–water partition coefficient (Wildman–Crippen LogP) is 3.71. The van der Waals surface area contributed by atoms with Crippen LogP contribution in [0.15, 0.2) is 71.7 Å². The van der Waals surface area contributed by atoms with E-state index in [1.807, 2.05) is 7.05 Å². The first-order valence-corrected chi connectivity index (χ1v) is 9.57. The van der Waals surface area contributed by atoms with Gasteiger partial charge in [-0.3, -0.25) is 4.99 Å². The molecule has 0 spiro atoms. The third-order valence-electron chi connectivity index (χ3n) is 5.03. The summed E-state index contributed by atoms with van der Waals surface area (Å²) in [5, 5.41) is 6.90. The molecule has 4 heteroatoms. The highest BCUT2D eigenvalue weighted by molar-refractivity contribution is 5.79. The fourth-order valence-electron chi connectivity index (χ4n) is 3.25. The molecule has 0 saturated carbocycles. The zero-order valence-corrected chi connectivity index (χ0v) is 16.6. The number of hydrogen-bond donors (Lipinski definition) is 2. The van der Waals surface area contributed by atoms with Gasteiger partial charge in [0, 0.05) is 44.3 Å². The lowest BCUT2D eigenvalue weighted by Crippen LogP contribution is -2.43. The van der Waals surface area contributed by atoms with Crippen molar-refractivity contribution in [2.24, 2.45) is 4.99 Å². The van der Waals surface area contributed by atoms with Crippen LogP contribution in [-0.4, -0.2) is 32.6 Å². The number of aliphatic imine (C=N–C) groups is 1. The molecule has 2 N–H and O–H groups in total. The fourth-order valence-corrected chi connectivity index (χ4v) is 3.25. The maximum absolute atomic E-state index is 4.37. The van der Waals surface area contributed by atoms with Crippen molar-refractivity contribution in [3.05, 3.63) is 77.9 Å². The van der Waals surface area contributed by atoms with Gasteiger partial charge in [0.2, 0.25) is 0 Å². The van der Waals surface area contributed by atoms with Crippen molar-refractivity contribution >= 4 is 11.6 Å². The lowest BCUT2D eigenvalue weighted by Gasteiger charge is -2.27. The quantitative estimate of drug-likeness (QED) is 0.468. The molecule has 0 aromatic heterocycles. The second kappa shape index (κ2) is 8.76. The number of anilines is 1. The van der Waals surface area contributed by atoms with Gasteiger partial charge in [0.05, 0.1) is 0 Å². The number of rotatable bonds is 6. The molecule has 142 valence electrons. The summed E-state index contributed by atoms with van der Waals surface area (Å²) in [5.41, 5.74) is 3.87. The Morgan fingerprint density at radius 2 is 1.74 bits per heavy atom. The summed E-state index contributed by atoms with van der Waals surface area (Å²) in [5.74, 6) is 0.826. The average molecular weight is 363 g/mol. The molecule has 0 atom stereocenters. The zero-order valence-electron chi connectivity index (χ0n) is 16.6. The number of nitrogens with zero attached hydrogens (tertiary/aromatic N) is 2. The summed E-state index contributed by atoms with van der Waals surface area (Å²) in [6.07, 6.45) is 4.43. The van der Waals surface area contributed by atoms with Gasteiger partial charge in [0.1, 0.15) is 0 Å². The molecule has 27 heavy (non-hydrogen) atoms. The Hall–Kier alpha value is -2.75. The van der Waals surface area contributed by atoms with Gasteiger partial charge >= 0.3 is 0 Å². The second-order valence-corrected chi connectivity index (χ2v) is 7.58. The summed E-state index contributed by atoms with van der Waals surface area (Å²) >= 11 is 0. The molecule has 1 aliphatic rings. The van der Waals surface area contributed by atoms with Crippen LogP contribution in [0.3, 0.4) is 0 Å². The SMILES string of the molecule is CN=C(NCc1cccc(N2CC=CC2)c1)NCC(C)(C)c1ccccc1. The molecule has 2 aromatic rings. The molecule has 0 amide bonds. The van der Waals surface area contributed by atoms with Crippen molar-refractivity contribution in [3.8, 4) is 0 Å². The second-order valence-electron chi connectivity index (χ2n) is 7.58. The Morgan fingerprint density at radius 1 is 1.00 bits per heavy atom. The third-order valence-corrected chi connectivity index (χ3v) is 5.03. The summed E-state index contributed by atoms with van der Waals surface area (Å²) in [7, 11) is 1.82. The smallest absolute Gasteiger partial charge is 0.191 e. The number of benzene rings is 2. The van der Waals surface area contributed by atoms with Crippen molar-refractivity contribution < 1.29 is 0 Å². The Balaban J connectivity index is 1.54. The summed E-state index contributed by atoms with van der Waals surface area (Å²) < 4.78 is 0. The Bertz CT molecular complexity index is 785. The van der Waals surface area contributed by atoms with E-state index in [2.05, 4.69) is 101 Å². The van der Waals surface area contributed by atoms with Crippen molar-refractivity contribution in [2.45, 2.75) is 25.8 Å². The largest absolute Gasteiger partial charge is 0.364 e. The van der Waals surface area contributed by atoms with Crippen LogP contribution in [0.25, 0.3) is 0 Å². The van der Waals surface area contributed by atoms with Gasteiger partial charge in [0.15, 0.2) is 5.96 Å². The highest BCUT2D eigenvalue weighted by Crippen LogP contribution is 2.21. The van der Waals surface area contributed by atoms with E-state index in [1.54, 1.807) is 0 Å². The van der Waals surface area contributed by atoms with Crippen LogP contribution in [0.1, 0.15) is 25.0 Å². The Labute approximate surface area is 163 Å². The molecule has 0 fully saturated rings. The standard InChI is InChI=1S/C23H30N4/c1-23(2,20-11-5-4-6-12-20)18-26-22(24-3)25-17-19-10-9-13-21(16-19)27-14-7-8-15-27/h4-13,16H,14-15,17-18H2,1-3H3,(H2,24,25,26). The zero-order chi connectivity index (χ0) is 19.1. The number of hydrogen-bond acceptors (Lipinski definition) is 2. The van der Waals surface area contributed by atoms with E-state index >= 15 is 0 Å². The van der Waals surface area contributed by atoms with Gasteiger partial charge in [-0.05, 0) is 23.3 Å². The molecular weight excluding hydrogens is 332 g/mol. The van der Waals surface area contributed by atoms with E-state index in [1.165, 1.54) is 16.8 Å². The minimum absolute atomic E-state index is 0.0293. The van der Waals surface area contributed by atoms with Gasteiger partial charge in [-0.25, -0.2) is 0 Å². The van der Waals surface area contributed by atoms with Crippen molar-refractivity contribution in [2.75, 3.05) is 31.6 Å². The van der Waals surface area contributed by atoms with Gasteiger partial charge in [-0.1, -0.05) is 68.5 Å². The molecule has 3 rings (SSSR count). The maximum atomic E-state index is 4.37. The van der Waals surface area contributed by atoms with E-state index in [9.17, 15) is 0 Å². The van der Waals surface area contributed by atoms with E-state index in [0.29, 0.717) is 0 Å². The molecule has 0 bridgehead atoms. The molecule has 0 saturated heterocycles. The van der Waals surface area contributed by atoms with Crippen molar-refractivity contribution in [1.29, 1.82) is 0 Å². The minimum atomic E-state index is 0.0293. The first-order chi connectivity index (χ1) is 13.1. The van der Waals surface area contributed by atoms with E-state index in [0.717, 1.165) is 32.1 Å². The number of nitrogens with one attached hydrogen (secondary N) is 2. The van der Waals surface area contributed by atoms with Gasteiger partial charge in [-0.2, -0.15) is 0 Å². The first kappa shape index (κ1) is 19.0. The summed E-state index contributed by atoms with van der Waals surface area (Å²) in [6.45, 7) is 8.05. The van der Waals surface area contributed by atoms with Crippen LogP contribution in [-0.2, 0) is 12.0 Å². The van der Waals surface area contributed by atoms with E-state index in [4.69, 9.17) is 0 Å². The lowest BCUT2D eigenvalue weighted by molar-refractivity contribution is 0.508. The Kier molecular flexibility index (Phi) is 6.17. The molecule has 1 heterocycles. The Morgan fingerprint density at radius 3 is 2.44 bits per heavy atom.